The molecule has 0 atom stereocenters. The van der Waals surface area contributed by atoms with Gasteiger partial charge in [-0.2, -0.15) is 10.2 Å². The summed E-state index contributed by atoms with van der Waals surface area (Å²) in [6, 6.07) is 7.14. The highest BCUT2D eigenvalue weighted by Gasteiger charge is 2.33. The number of hydrazine groups is 1. The first-order valence-electron chi connectivity index (χ1n) is 6.77. The topological polar surface area (TPSA) is 74.3 Å². The summed E-state index contributed by atoms with van der Waals surface area (Å²) in [5, 5.41) is 15.4. The van der Waals surface area contributed by atoms with Crippen LogP contribution in [-0.2, 0) is 0 Å². The van der Waals surface area contributed by atoms with E-state index in [2.05, 4.69) is 5.32 Å². The number of urea groups is 1. The van der Waals surface area contributed by atoms with Crippen molar-refractivity contribution in [2.45, 2.75) is 0 Å². The van der Waals surface area contributed by atoms with Crippen LogP contribution in [0.2, 0.25) is 10.0 Å². The molecule has 0 saturated heterocycles. The molecule has 2 N–H and O–H groups in total. The molecule has 0 fully saturated rings. The predicted molar refractivity (Wildman–Crippen MR) is 91.8 cm³/mol. The number of carbonyl (C=O) groups is 1. The molecule has 0 unspecified atom stereocenters. The molecule has 9 heteroatoms. The highest BCUT2D eigenvalue weighted by atomic mass is 35.5. The molecule has 7 nitrogen and oxygen atoms in total. The Morgan fingerprint density at radius 1 is 1.04 bits per heavy atom. The van der Waals surface area contributed by atoms with Gasteiger partial charge in [-0.1, -0.05) is 23.2 Å². The van der Waals surface area contributed by atoms with Crippen LogP contribution in [0.15, 0.2) is 30.3 Å². The molecule has 0 saturated carbocycles. The third-order valence-electron chi connectivity index (χ3n) is 3.49. The van der Waals surface area contributed by atoms with Crippen LogP contribution >= 0.6 is 23.2 Å². The Hall–Kier alpha value is -2.35. The number of hydrogen-bond donors (Lipinski definition) is 2. The molecule has 126 valence electrons. The van der Waals surface area contributed by atoms with Crippen molar-refractivity contribution in [1.29, 1.82) is 0 Å². The molecule has 0 spiro atoms. The van der Waals surface area contributed by atoms with E-state index in [9.17, 15) is 10.0 Å². The lowest BCUT2D eigenvalue weighted by atomic mass is 10.2. The number of fused-ring (bicyclic) bond motifs is 1. The van der Waals surface area contributed by atoms with Gasteiger partial charge in [0.25, 0.3) is 0 Å². The van der Waals surface area contributed by atoms with E-state index in [-0.39, 0.29) is 15.7 Å². The van der Waals surface area contributed by atoms with E-state index in [4.69, 9.17) is 32.7 Å². The van der Waals surface area contributed by atoms with Crippen molar-refractivity contribution < 1.29 is 19.5 Å². The molecule has 0 radical (unpaired) electrons. The third-order valence-corrected chi connectivity index (χ3v) is 4.21. The molecule has 2 amide bonds. The van der Waals surface area contributed by atoms with Crippen LogP contribution in [0.1, 0.15) is 0 Å². The number of hydrogen-bond acceptors (Lipinski definition) is 5. The van der Waals surface area contributed by atoms with Gasteiger partial charge in [-0.3, -0.25) is 5.21 Å². The summed E-state index contributed by atoms with van der Waals surface area (Å²) in [7, 11) is 2.97. The van der Waals surface area contributed by atoms with Crippen LogP contribution in [0.25, 0.3) is 0 Å². The highest BCUT2D eigenvalue weighted by Crippen LogP contribution is 2.41. The Kier molecular flexibility index (Phi) is 4.31. The number of nitrogens with zero attached hydrogens (tertiary/aromatic N) is 2. The Morgan fingerprint density at radius 2 is 1.75 bits per heavy atom. The SMILES string of the molecule is COc1ccc(N2C(=O)Nc3cc(Cl)c(Cl)cc3N2O)c(OC)c1. The van der Waals surface area contributed by atoms with Crippen molar-refractivity contribution in [3.63, 3.8) is 0 Å². The zero-order chi connectivity index (χ0) is 17.4. The van der Waals surface area contributed by atoms with Gasteiger partial charge in [-0.05, 0) is 24.3 Å². The van der Waals surface area contributed by atoms with Gasteiger partial charge >= 0.3 is 6.03 Å². The first-order chi connectivity index (χ1) is 11.5. The smallest absolute Gasteiger partial charge is 0.347 e. The Morgan fingerprint density at radius 3 is 2.42 bits per heavy atom. The number of carbonyl (C=O) groups excluding carboxylic acids is 1. The minimum Gasteiger partial charge on any atom is -0.497 e. The van der Waals surface area contributed by atoms with Crippen molar-refractivity contribution >= 4 is 46.3 Å². The molecule has 24 heavy (non-hydrogen) atoms. The van der Waals surface area contributed by atoms with E-state index in [0.717, 1.165) is 5.01 Å². The summed E-state index contributed by atoms with van der Waals surface area (Å²) in [4.78, 5) is 12.4. The Balaban J connectivity index is 2.09. The largest absolute Gasteiger partial charge is 0.497 e. The number of rotatable bonds is 3. The monoisotopic (exact) mass is 369 g/mol. The lowest BCUT2D eigenvalue weighted by Gasteiger charge is -2.36. The average molecular weight is 370 g/mol. The van der Waals surface area contributed by atoms with Crippen molar-refractivity contribution in [3.8, 4) is 11.5 Å². The highest BCUT2D eigenvalue weighted by molar-refractivity contribution is 6.42. The summed E-state index contributed by atoms with van der Waals surface area (Å²) >= 11 is 11.9. The van der Waals surface area contributed by atoms with Gasteiger partial charge in [0.05, 0.1) is 30.0 Å². The second-order valence-corrected chi connectivity index (χ2v) is 5.67. The van der Waals surface area contributed by atoms with Crippen molar-refractivity contribution in [3.05, 3.63) is 40.4 Å². The van der Waals surface area contributed by atoms with Crippen LogP contribution in [0, 0.1) is 0 Å². The lowest BCUT2D eigenvalue weighted by molar-refractivity contribution is 0.220. The normalized spacial score (nSPS) is 13.5. The predicted octanol–water partition coefficient (Wildman–Crippen LogP) is 4.17. The summed E-state index contributed by atoms with van der Waals surface area (Å²) in [6.07, 6.45) is 0. The van der Waals surface area contributed by atoms with Crippen molar-refractivity contribution in [1.82, 2.24) is 0 Å². The van der Waals surface area contributed by atoms with E-state index in [0.29, 0.717) is 28.0 Å². The quantitative estimate of drug-likeness (QED) is 0.848. The fraction of sp³-hybridized carbons (Fsp3) is 0.133. The average Bonchev–Trinajstić information content (AvgIpc) is 2.57. The van der Waals surface area contributed by atoms with Gasteiger partial charge in [-0.25, -0.2) is 4.79 Å². The van der Waals surface area contributed by atoms with Gasteiger partial charge in [-0.15, -0.1) is 0 Å². The minimum absolute atomic E-state index is 0.243. The van der Waals surface area contributed by atoms with Crippen molar-refractivity contribution in [2.75, 3.05) is 29.7 Å². The van der Waals surface area contributed by atoms with Gasteiger partial charge in [0.1, 0.15) is 22.9 Å². The second kappa shape index (κ2) is 6.27. The third kappa shape index (κ3) is 2.66. The maximum absolute atomic E-state index is 12.4. The van der Waals surface area contributed by atoms with Crippen LogP contribution in [-0.4, -0.2) is 25.5 Å². The molecule has 3 rings (SSSR count). The van der Waals surface area contributed by atoms with Crippen LogP contribution in [0.5, 0.6) is 11.5 Å². The molecule has 1 aliphatic rings. The standard InChI is InChI=1S/C15H13Cl2N3O4/c1-23-8-3-4-12(14(5-8)24-2)19-15(21)18-11-6-9(16)10(17)7-13(11)20(19)22/h3-7,22H,1-2H3,(H,18,21). The summed E-state index contributed by atoms with van der Waals surface area (Å²) in [5.74, 6) is 0.889. The molecule has 2 aromatic rings. The molecular formula is C15H13Cl2N3O4. The fourth-order valence-corrected chi connectivity index (χ4v) is 2.66. The van der Waals surface area contributed by atoms with Gasteiger partial charge in [0.15, 0.2) is 0 Å². The first kappa shape index (κ1) is 16.5. The molecule has 2 aromatic carbocycles. The number of nitrogens with one attached hydrogen (secondary N) is 1. The minimum atomic E-state index is -0.591. The number of methoxy groups -OCH3 is 2. The Labute approximate surface area is 147 Å². The first-order valence-corrected chi connectivity index (χ1v) is 7.53. The van der Waals surface area contributed by atoms with Crippen molar-refractivity contribution in [2.24, 2.45) is 0 Å². The summed E-state index contributed by atoms with van der Waals surface area (Å²) in [5.41, 5.74) is 0.914. The zero-order valence-corrected chi connectivity index (χ0v) is 14.2. The molecule has 0 bridgehead atoms. The van der Waals surface area contributed by atoms with E-state index < -0.39 is 6.03 Å². The zero-order valence-electron chi connectivity index (χ0n) is 12.7. The molecule has 1 aliphatic heterocycles. The maximum Gasteiger partial charge on any atom is 0.347 e. The summed E-state index contributed by atoms with van der Waals surface area (Å²) < 4.78 is 10.4. The second-order valence-electron chi connectivity index (χ2n) is 4.85. The van der Waals surface area contributed by atoms with Gasteiger partial charge in [0, 0.05) is 6.07 Å². The van der Waals surface area contributed by atoms with Gasteiger partial charge in [0.2, 0.25) is 0 Å². The number of ether oxygens (including phenoxy) is 2. The number of anilines is 3. The van der Waals surface area contributed by atoms with Gasteiger partial charge < -0.3 is 14.8 Å². The van der Waals surface area contributed by atoms with E-state index in [1.54, 1.807) is 18.2 Å². The Bertz CT molecular complexity index is 816. The van der Waals surface area contributed by atoms with Crippen LogP contribution < -0.4 is 25.0 Å². The van der Waals surface area contributed by atoms with E-state index in [1.807, 2.05) is 0 Å². The maximum atomic E-state index is 12.4. The van der Waals surface area contributed by atoms with E-state index >= 15 is 0 Å². The number of benzene rings is 2. The molecular weight excluding hydrogens is 357 g/mol. The molecule has 0 aromatic heterocycles. The number of halogens is 2. The fourth-order valence-electron chi connectivity index (χ4n) is 2.34. The van der Waals surface area contributed by atoms with E-state index in [1.165, 1.54) is 26.4 Å². The summed E-state index contributed by atoms with van der Waals surface area (Å²) in [6.45, 7) is 0. The lowest BCUT2D eigenvalue weighted by Crippen LogP contribution is -2.51. The molecule has 0 aliphatic carbocycles. The van der Waals surface area contributed by atoms with Crippen LogP contribution in [0.3, 0.4) is 0 Å². The number of amides is 2. The molecule has 1 heterocycles. The van der Waals surface area contributed by atoms with Crippen LogP contribution in [0.4, 0.5) is 21.9 Å².